The molecule has 0 heterocycles. The number of aryl methyl sites for hydroxylation is 1. The molecule has 1 aromatic carbocycles. The first-order valence-electron chi connectivity index (χ1n) is 9.02. The highest BCUT2D eigenvalue weighted by Gasteiger charge is 2.39. The van der Waals surface area contributed by atoms with E-state index < -0.39 is 18.3 Å². The predicted molar refractivity (Wildman–Crippen MR) is 99.2 cm³/mol. The second-order valence-electron chi connectivity index (χ2n) is 6.75. The molecule has 1 aliphatic rings. The summed E-state index contributed by atoms with van der Waals surface area (Å²) >= 11 is 0. The number of allylic oxidation sites excluding steroid dienone is 1. The summed E-state index contributed by atoms with van der Waals surface area (Å²) in [6.45, 7) is 0.546. The number of methoxy groups -OCH3 is 1. The number of aliphatic hydroxyl groups is 3. The van der Waals surface area contributed by atoms with Gasteiger partial charge in [0.15, 0.2) is 0 Å². The third-order valence-corrected chi connectivity index (χ3v) is 4.88. The zero-order valence-corrected chi connectivity index (χ0v) is 14.9. The largest absolute Gasteiger partial charge is 0.393 e. The average Bonchev–Trinajstić information content (AvgIpc) is 2.89. The Labute approximate surface area is 150 Å². The van der Waals surface area contributed by atoms with Crippen LogP contribution in [-0.2, 0) is 11.2 Å². The highest BCUT2D eigenvalue weighted by Crippen LogP contribution is 2.36. The van der Waals surface area contributed by atoms with E-state index >= 15 is 0 Å². The maximum absolute atomic E-state index is 10.2. The SMILES string of the molecule is COC/C=C\C[C@@H]1[C@@H](/C=C/[C@@H](O)CCc2ccccc2)[C@H](O)C[C@@H]1O. The molecule has 0 unspecified atom stereocenters. The predicted octanol–water partition coefficient (Wildman–Crippen LogP) is 2.49. The van der Waals surface area contributed by atoms with Crippen molar-refractivity contribution >= 4 is 0 Å². The zero-order valence-electron chi connectivity index (χ0n) is 14.9. The molecule has 0 radical (unpaired) electrons. The van der Waals surface area contributed by atoms with Crippen molar-refractivity contribution in [1.82, 2.24) is 0 Å². The fourth-order valence-corrected chi connectivity index (χ4v) is 3.44. The summed E-state index contributed by atoms with van der Waals surface area (Å²) in [5.41, 5.74) is 1.20. The Morgan fingerprint density at radius 2 is 1.92 bits per heavy atom. The normalized spacial score (nSPS) is 28.2. The van der Waals surface area contributed by atoms with E-state index in [1.807, 2.05) is 36.4 Å². The first-order valence-corrected chi connectivity index (χ1v) is 9.02. The Balaban J connectivity index is 1.87. The molecular formula is C21H30O4. The van der Waals surface area contributed by atoms with E-state index in [4.69, 9.17) is 4.74 Å². The lowest BCUT2D eigenvalue weighted by atomic mass is 9.89. The lowest BCUT2D eigenvalue weighted by Gasteiger charge is -2.19. The van der Waals surface area contributed by atoms with E-state index in [0.29, 0.717) is 25.9 Å². The van der Waals surface area contributed by atoms with Gasteiger partial charge in [-0.3, -0.25) is 0 Å². The lowest BCUT2D eigenvalue weighted by molar-refractivity contribution is 0.120. The summed E-state index contributed by atoms with van der Waals surface area (Å²) in [6.07, 6.45) is 8.47. The van der Waals surface area contributed by atoms with Gasteiger partial charge in [-0.2, -0.15) is 0 Å². The van der Waals surface area contributed by atoms with Crippen LogP contribution in [-0.4, -0.2) is 47.3 Å². The molecule has 1 saturated carbocycles. The summed E-state index contributed by atoms with van der Waals surface area (Å²) in [5.74, 6) is -0.158. The van der Waals surface area contributed by atoms with Crippen LogP contribution in [0.3, 0.4) is 0 Å². The molecule has 4 nitrogen and oxygen atoms in total. The summed E-state index contributed by atoms with van der Waals surface area (Å²) in [5, 5.41) is 30.6. The fraction of sp³-hybridized carbons (Fsp3) is 0.524. The third-order valence-electron chi connectivity index (χ3n) is 4.88. The van der Waals surface area contributed by atoms with Crippen molar-refractivity contribution in [2.45, 2.75) is 44.0 Å². The molecule has 1 fully saturated rings. The highest BCUT2D eigenvalue weighted by atomic mass is 16.5. The Bertz CT molecular complexity index is 540. The van der Waals surface area contributed by atoms with Crippen LogP contribution in [0.5, 0.6) is 0 Å². The summed E-state index contributed by atoms with van der Waals surface area (Å²) < 4.78 is 4.98. The first-order chi connectivity index (χ1) is 12.1. The molecule has 5 atom stereocenters. The monoisotopic (exact) mass is 346 g/mol. The molecule has 1 aliphatic carbocycles. The smallest absolute Gasteiger partial charge is 0.0724 e. The van der Waals surface area contributed by atoms with Crippen LogP contribution in [0.1, 0.15) is 24.8 Å². The molecule has 2 rings (SSSR count). The Morgan fingerprint density at radius 3 is 2.64 bits per heavy atom. The molecular weight excluding hydrogens is 316 g/mol. The van der Waals surface area contributed by atoms with Crippen molar-refractivity contribution in [3.05, 3.63) is 60.2 Å². The second kappa shape index (κ2) is 10.5. The second-order valence-corrected chi connectivity index (χ2v) is 6.75. The maximum atomic E-state index is 10.2. The summed E-state index contributed by atoms with van der Waals surface area (Å²) in [7, 11) is 1.64. The van der Waals surface area contributed by atoms with Gasteiger partial charge >= 0.3 is 0 Å². The first kappa shape index (κ1) is 19.9. The molecule has 0 spiro atoms. The van der Waals surface area contributed by atoms with Gasteiger partial charge < -0.3 is 20.1 Å². The number of benzene rings is 1. The highest BCUT2D eigenvalue weighted by molar-refractivity contribution is 5.15. The Kier molecular flexibility index (Phi) is 8.35. The Morgan fingerprint density at radius 1 is 1.16 bits per heavy atom. The quantitative estimate of drug-likeness (QED) is 0.601. The molecule has 1 aromatic rings. The molecule has 4 heteroatoms. The molecule has 0 amide bonds. The minimum Gasteiger partial charge on any atom is -0.393 e. The molecule has 3 N–H and O–H groups in total. The zero-order chi connectivity index (χ0) is 18.1. The number of hydrogen-bond donors (Lipinski definition) is 3. The van der Waals surface area contributed by atoms with Crippen molar-refractivity contribution in [1.29, 1.82) is 0 Å². The molecule has 138 valence electrons. The lowest BCUT2D eigenvalue weighted by Crippen LogP contribution is -2.20. The van der Waals surface area contributed by atoms with E-state index in [2.05, 4.69) is 12.1 Å². The number of hydrogen-bond acceptors (Lipinski definition) is 4. The van der Waals surface area contributed by atoms with Crippen LogP contribution >= 0.6 is 0 Å². The van der Waals surface area contributed by atoms with Crippen molar-refractivity contribution in [3.8, 4) is 0 Å². The van der Waals surface area contributed by atoms with Crippen molar-refractivity contribution in [2.75, 3.05) is 13.7 Å². The van der Waals surface area contributed by atoms with Crippen LogP contribution in [0, 0.1) is 11.8 Å². The summed E-state index contributed by atoms with van der Waals surface area (Å²) in [6, 6.07) is 10.1. The van der Waals surface area contributed by atoms with Crippen LogP contribution in [0.25, 0.3) is 0 Å². The van der Waals surface area contributed by atoms with Gasteiger partial charge in [-0.05, 0) is 30.7 Å². The molecule has 0 aromatic heterocycles. The standard InChI is InChI=1S/C21H30O4/c1-25-14-6-5-9-18-19(21(24)15-20(18)23)13-12-17(22)11-10-16-7-3-2-4-8-16/h2-8,12-13,17-24H,9-11,14-15H2,1H3/b6-5-,13-12+/t17-,18+,19+,20-,21+/m0/s1. The van der Waals surface area contributed by atoms with Gasteiger partial charge in [0, 0.05) is 19.4 Å². The van der Waals surface area contributed by atoms with Gasteiger partial charge in [0.1, 0.15) is 0 Å². The van der Waals surface area contributed by atoms with Crippen LogP contribution < -0.4 is 0 Å². The van der Waals surface area contributed by atoms with E-state index in [-0.39, 0.29) is 11.8 Å². The maximum Gasteiger partial charge on any atom is 0.0724 e. The van der Waals surface area contributed by atoms with Crippen molar-refractivity contribution in [2.24, 2.45) is 11.8 Å². The summed E-state index contributed by atoms with van der Waals surface area (Å²) in [4.78, 5) is 0. The van der Waals surface area contributed by atoms with Gasteiger partial charge in [-0.15, -0.1) is 0 Å². The molecule has 0 aliphatic heterocycles. The number of ether oxygens (including phenoxy) is 1. The van der Waals surface area contributed by atoms with Crippen molar-refractivity contribution in [3.63, 3.8) is 0 Å². The average molecular weight is 346 g/mol. The van der Waals surface area contributed by atoms with E-state index in [9.17, 15) is 15.3 Å². The van der Waals surface area contributed by atoms with Gasteiger partial charge in [0.2, 0.25) is 0 Å². The van der Waals surface area contributed by atoms with Gasteiger partial charge in [0.05, 0.1) is 24.9 Å². The van der Waals surface area contributed by atoms with Crippen LogP contribution in [0.15, 0.2) is 54.6 Å². The van der Waals surface area contributed by atoms with Gasteiger partial charge in [0.25, 0.3) is 0 Å². The minimum atomic E-state index is -0.562. The van der Waals surface area contributed by atoms with E-state index in [0.717, 1.165) is 6.42 Å². The van der Waals surface area contributed by atoms with Crippen molar-refractivity contribution < 1.29 is 20.1 Å². The fourth-order valence-electron chi connectivity index (χ4n) is 3.44. The Hall–Kier alpha value is -1.46. The number of rotatable bonds is 9. The van der Waals surface area contributed by atoms with E-state index in [1.165, 1.54) is 5.56 Å². The number of aliphatic hydroxyl groups excluding tert-OH is 3. The van der Waals surface area contributed by atoms with Crippen LogP contribution in [0.2, 0.25) is 0 Å². The minimum absolute atomic E-state index is 0.0271. The van der Waals surface area contributed by atoms with Crippen LogP contribution in [0.4, 0.5) is 0 Å². The van der Waals surface area contributed by atoms with Gasteiger partial charge in [-0.1, -0.05) is 54.6 Å². The van der Waals surface area contributed by atoms with E-state index in [1.54, 1.807) is 13.2 Å². The molecule has 0 bridgehead atoms. The molecule has 25 heavy (non-hydrogen) atoms. The topological polar surface area (TPSA) is 69.9 Å². The molecule has 0 saturated heterocycles. The van der Waals surface area contributed by atoms with Gasteiger partial charge in [-0.25, -0.2) is 0 Å². The third kappa shape index (κ3) is 6.40.